The molecule has 0 radical (unpaired) electrons. The van der Waals surface area contributed by atoms with E-state index >= 15 is 0 Å². The van der Waals surface area contributed by atoms with Crippen molar-refractivity contribution in [3.63, 3.8) is 0 Å². The zero-order chi connectivity index (χ0) is 32.4. The van der Waals surface area contributed by atoms with Gasteiger partial charge < -0.3 is 9.47 Å². The van der Waals surface area contributed by atoms with Crippen LogP contribution in [-0.4, -0.2) is 23.9 Å². The first-order valence-electron chi connectivity index (χ1n) is 12.6. The SMILES string of the molecule is CCOc1ccc(C(=O)c2cc(Br)ccc2Cl)cc1.CCOc1ccc(Cc2cc(Br)ccc2Cl)cc1.CI.[I][V]([I])[I]. The molecule has 43 heavy (non-hydrogen) atoms. The molecule has 4 rings (SSSR count). The van der Waals surface area contributed by atoms with Gasteiger partial charge in [-0.15, -0.1) is 0 Å². The Balaban J connectivity index is 0.000000364. The van der Waals surface area contributed by atoms with Crippen LogP contribution in [0.4, 0.5) is 0 Å². The average Bonchev–Trinajstić information content (AvgIpc) is 2.99. The number of alkyl halides is 1. The van der Waals surface area contributed by atoms with Gasteiger partial charge >= 0.3 is 64.9 Å². The Labute approximate surface area is 333 Å². The monoisotopic (exact) mass is 1240 g/mol. The number of ketones is 1. The van der Waals surface area contributed by atoms with Gasteiger partial charge in [0.05, 0.1) is 18.2 Å². The predicted octanol–water partition coefficient (Wildman–Crippen LogP) is 13.5. The second kappa shape index (κ2) is 24.4. The van der Waals surface area contributed by atoms with E-state index in [9.17, 15) is 4.79 Å². The summed E-state index contributed by atoms with van der Waals surface area (Å²) in [6.07, 6.45) is 0.824. The summed E-state index contributed by atoms with van der Waals surface area (Å²) < 4.78 is 12.6. The van der Waals surface area contributed by atoms with Crippen molar-refractivity contribution < 1.29 is 19.2 Å². The first kappa shape index (κ1) is 42.2. The van der Waals surface area contributed by atoms with Crippen LogP contribution in [0.15, 0.2) is 93.9 Å². The fourth-order valence-corrected chi connectivity index (χ4v) is 4.62. The van der Waals surface area contributed by atoms with Crippen molar-refractivity contribution >= 4 is 143 Å². The quantitative estimate of drug-likeness (QED) is 0.100. The van der Waals surface area contributed by atoms with Gasteiger partial charge in [-0.1, -0.05) is 89.8 Å². The predicted molar refractivity (Wildman–Crippen MR) is 222 cm³/mol. The van der Waals surface area contributed by atoms with Crippen molar-refractivity contribution in [3.8, 4) is 11.5 Å². The Kier molecular flexibility index (Phi) is 23.9. The van der Waals surface area contributed by atoms with Gasteiger partial charge in [0.15, 0.2) is 5.78 Å². The number of ether oxygens (including phenoxy) is 2. The molecular weight excluding hydrogens is 1210 g/mol. The number of carbonyl (C=O) groups is 1. The molecule has 0 bridgehead atoms. The minimum atomic E-state index is -0.278. The standard InChI is InChI=1S/C15H12BrClO2.C15H14BrClO.CH3I.3HI.V/c1-2-19-12-6-3-10(4-7-12)15(18)13-9-11(16)5-8-14(13)17;1-2-18-14-6-3-11(4-7-14)9-12-10-13(16)5-8-15(12)17;1-2;;;;/h3-9H,2H2,1H3;3-8,10H,2,9H2,1H3;1H3;3*1H;/q;;;;;;+3/p-3. The van der Waals surface area contributed by atoms with Crippen molar-refractivity contribution in [2.75, 3.05) is 18.1 Å². The van der Waals surface area contributed by atoms with Crippen molar-refractivity contribution in [2.24, 2.45) is 0 Å². The Morgan fingerprint density at radius 2 is 1.16 bits per heavy atom. The summed E-state index contributed by atoms with van der Waals surface area (Å²) in [6.45, 7) is 5.19. The first-order chi connectivity index (χ1) is 20.5. The molecule has 12 heteroatoms. The molecule has 0 aliphatic heterocycles. The van der Waals surface area contributed by atoms with E-state index in [1.54, 1.807) is 42.5 Å². The minimum absolute atomic E-state index is 0.102. The number of rotatable bonds is 8. The molecule has 0 N–H and O–H groups in total. The van der Waals surface area contributed by atoms with Gasteiger partial charge in [0, 0.05) is 25.1 Å². The number of benzene rings is 4. The van der Waals surface area contributed by atoms with E-state index in [2.05, 4.69) is 133 Å². The van der Waals surface area contributed by atoms with Crippen molar-refractivity contribution in [1.29, 1.82) is 0 Å². The molecule has 4 aromatic carbocycles. The fraction of sp³-hybridized carbons (Fsp3) is 0.194. The summed E-state index contributed by atoms with van der Waals surface area (Å²) in [5.74, 6) is 1.55. The molecule has 3 nitrogen and oxygen atoms in total. The summed E-state index contributed by atoms with van der Waals surface area (Å²) in [6, 6.07) is 26.3. The van der Waals surface area contributed by atoms with E-state index in [0.29, 0.717) is 29.4 Å². The molecule has 0 atom stereocenters. The number of halogens is 8. The van der Waals surface area contributed by atoms with Crippen LogP contribution in [0.1, 0.15) is 40.9 Å². The van der Waals surface area contributed by atoms with Gasteiger partial charge in [0.1, 0.15) is 11.5 Å². The normalized spacial score (nSPS) is 9.86. The average molecular weight is 1240 g/mol. The van der Waals surface area contributed by atoms with Crippen LogP contribution in [0.3, 0.4) is 0 Å². The Morgan fingerprint density at radius 3 is 1.65 bits per heavy atom. The molecule has 0 heterocycles. The van der Waals surface area contributed by atoms with Gasteiger partial charge in [0.2, 0.25) is 0 Å². The van der Waals surface area contributed by atoms with Gasteiger partial charge in [-0.2, -0.15) is 0 Å². The third kappa shape index (κ3) is 17.2. The molecule has 0 fully saturated rings. The van der Waals surface area contributed by atoms with E-state index in [1.807, 2.05) is 43.0 Å². The van der Waals surface area contributed by atoms with Gasteiger partial charge in [-0.05, 0) is 109 Å². The van der Waals surface area contributed by atoms with E-state index < -0.39 is 0 Å². The Bertz CT molecular complexity index is 1390. The third-order valence-electron chi connectivity index (χ3n) is 5.24. The number of hydrogen-bond donors (Lipinski definition) is 0. The molecule has 0 aliphatic rings. The second-order valence-corrected chi connectivity index (χ2v) is 46.1. The third-order valence-corrected chi connectivity index (χ3v) is 6.92. The molecule has 0 spiro atoms. The van der Waals surface area contributed by atoms with Crippen LogP contribution >= 0.6 is 138 Å². The summed E-state index contributed by atoms with van der Waals surface area (Å²) in [5.41, 5.74) is 3.41. The Morgan fingerprint density at radius 1 is 0.721 bits per heavy atom. The van der Waals surface area contributed by atoms with Crippen LogP contribution in [0.2, 0.25) is 10.0 Å². The van der Waals surface area contributed by atoms with Gasteiger partial charge in [-0.25, -0.2) is 0 Å². The topological polar surface area (TPSA) is 35.5 Å². The second-order valence-electron chi connectivity index (χ2n) is 8.09. The van der Waals surface area contributed by atoms with Crippen molar-refractivity contribution in [3.05, 3.63) is 126 Å². The molecule has 0 unspecified atom stereocenters. The van der Waals surface area contributed by atoms with Crippen LogP contribution in [0.25, 0.3) is 0 Å². The fourth-order valence-electron chi connectivity index (χ4n) is 3.47. The van der Waals surface area contributed by atoms with E-state index in [0.717, 1.165) is 37.5 Å². The van der Waals surface area contributed by atoms with E-state index in [-0.39, 0.29) is 10.7 Å². The number of hydrogen-bond acceptors (Lipinski definition) is 3. The molecule has 0 amide bonds. The molecule has 0 aromatic heterocycles. The van der Waals surface area contributed by atoms with Crippen LogP contribution in [0, 0.1) is 0 Å². The molecule has 232 valence electrons. The number of carbonyl (C=O) groups excluding carboxylic acids is 1. The summed E-state index contributed by atoms with van der Waals surface area (Å²) >= 11 is 28.6. The molecule has 0 saturated heterocycles. The summed E-state index contributed by atoms with van der Waals surface area (Å²) in [7, 11) is 0. The maximum absolute atomic E-state index is 12.3. The maximum atomic E-state index is 12.3. The van der Waals surface area contributed by atoms with Crippen LogP contribution in [0.5, 0.6) is 11.5 Å². The van der Waals surface area contributed by atoms with Gasteiger partial charge in [-0.3, -0.25) is 4.79 Å². The van der Waals surface area contributed by atoms with E-state index in [4.69, 9.17) is 32.7 Å². The molecule has 0 saturated carbocycles. The zero-order valence-electron chi connectivity index (χ0n) is 23.4. The molecular formula is C31H29Br2Cl2I4O3V. The molecule has 4 aromatic rings. The Hall–Kier alpha value is 1.19. The van der Waals surface area contributed by atoms with Crippen LogP contribution in [-0.2, 0) is 11.3 Å². The van der Waals surface area contributed by atoms with Crippen LogP contribution < -0.4 is 9.47 Å². The first-order valence-corrected chi connectivity index (χ1v) is 30.6. The molecule has 0 aliphatic carbocycles. The summed E-state index contributed by atoms with van der Waals surface area (Å²) in [5, 5.41) is 1.24. The van der Waals surface area contributed by atoms with Gasteiger partial charge in [0.25, 0.3) is 0 Å². The van der Waals surface area contributed by atoms with Crippen molar-refractivity contribution in [2.45, 2.75) is 20.3 Å². The zero-order valence-corrected chi connectivity index (χ0v) is 38.1. The van der Waals surface area contributed by atoms with E-state index in [1.165, 1.54) is 5.56 Å². The summed E-state index contributed by atoms with van der Waals surface area (Å²) in [4.78, 5) is 14.0. The van der Waals surface area contributed by atoms with Crippen molar-refractivity contribution in [1.82, 2.24) is 0 Å².